The van der Waals surface area contributed by atoms with E-state index in [4.69, 9.17) is 4.74 Å². The second-order valence-electron chi connectivity index (χ2n) is 5.35. The van der Waals surface area contributed by atoms with Crippen LogP contribution in [-0.4, -0.2) is 24.4 Å². The Labute approximate surface area is 80.3 Å². The van der Waals surface area contributed by atoms with Gasteiger partial charge in [0.25, 0.3) is 0 Å². The zero-order valence-electron chi connectivity index (χ0n) is 8.84. The molecule has 1 heterocycles. The highest BCUT2D eigenvalue weighted by Crippen LogP contribution is 2.69. The Morgan fingerprint density at radius 1 is 1.46 bits per heavy atom. The van der Waals surface area contributed by atoms with Crippen molar-refractivity contribution in [3.8, 4) is 0 Å². The molecular formula is C11H20O2. The van der Waals surface area contributed by atoms with E-state index < -0.39 is 0 Å². The third kappa shape index (κ3) is 1.15. The van der Waals surface area contributed by atoms with Crippen LogP contribution in [0.25, 0.3) is 0 Å². The molecule has 3 unspecified atom stereocenters. The largest absolute Gasteiger partial charge is 0.396 e. The smallest absolute Gasteiger partial charge is 0.0582 e. The number of hydrogen-bond donors (Lipinski definition) is 1. The van der Waals surface area contributed by atoms with Crippen molar-refractivity contribution in [2.45, 2.75) is 39.7 Å². The van der Waals surface area contributed by atoms with Crippen LogP contribution in [-0.2, 0) is 4.74 Å². The lowest BCUT2D eigenvalue weighted by Gasteiger charge is -2.27. The van der Waals surface area contributed by atoms with Gasteiger partial charge in [-0.25, -0.2) is 0 Å². The minimum Gasteiger partial charge on any atom is -0.396 e. The van der Waals surface area contributed by atoms with E-state index in [-0.39, 0.29) is 5.41 Å². The van der Waals surface area contributed by atoms with E-state index in [9.17, 15) is 5.11 Å². The second kappa shape index (κ2) is 2.71. The molecule has 0 bridgehead atoms. The Bertz CT molecular complexity index is 212. The highest BCUT2D eigenvalue weighted by molar-refractivity contribution is 5.14. The Kier molecular flexibility index (Phi) is 1.97. The van der Waals surface area contributed by atoms with Crippen LogP contribution < -0.4 is 0 Å². The molecule has 0 spiro atoms. The Morgan fingerprint density at radius 2 is 2.08 bits per heavy atom. The molecule has 0 aromatic carbocycles. The van der Waals surface area contributed by atoms with Crippen LogP contribution >= 0.6 is 0 Å². The van der Waals surface area contributed by atoms with E-state index in [2.05, 4.69) is 20.8 Å². The first-order valence-electron chi connectivity index (χ1n) is 5.26. The molecule has 1 aliphatic heterocycles. The van der Waals surface area contributed by atoms with Crippen LogP contribution in [0.5, 0.6) is 0 Å². The summed E-state index contributed by atoms with van der Waals surface area (Å²) in [5, 5.41) is 9.51. The fourth-order valence-corrected chi connectivity index (χ4v) is 3.22. The van der Waals surface area contributed by atoms with E-state index in [1.807, 2.05) is 0 Å². The van der Waals surface area contributed by atoms with Gasteiger partial charge in [-0.05, 0) is 31.1 Å². The summed E-state index contributed by atoms with van der Waals surface area (Å²) in [5.41, 5.74) is 0.497. The summed E-state index contributed by atoms with van der Waals surface area (Å²) in [4.78, 5) is 0. The van der Waals surface area contributed by atoms with Crippen molar-refractivity contribution < 1.29 is 9.84 Å². The lowest BCUT2D eigenvalue weighted by atomic mass is 9.79. The predicted molar refractivity (Wildman–Crippen MR) is 51.4 cm³/mol. The normalized spacial score (nSPS) is 48.0. The van der Waals surface area contributed by atoms with Gasteiger partial charge in [0.15, 0.2) is 0 Å². The average molecular weight is 184 g/mol. The van der Waals surface area contributed by atoms with Gasteiger partial charge in [-0.15, -0.1) is 0 Å². The minimum absolute atomic E-state index is 0.170. The summed E-state index contributed by atoms with van der Waals surface area (Å²) >= 11 is 0. The zero-order valence-corrected chi connectivity index (χ0v) is 8.84. The topological polar surface area (TPSA) is 29.5 Å². The molecule has 0 aromatic heterocycles. The Balaban J connectivity index is 2.15. The summed E-state index contributed by atoms with van der Waals surface area (Å²) in [6.07, 6.45) is 2.63. The van der Waals surface area contributed by atoms with Crippen LogP contribution in [0.4, 0.5) is 0 Å². The molecular weight excluding hydrogens is 164 g/mol. The molecule has 13 heavy (non-hydrogen) atoms. The molecule has 1 saturated heterocycles. The summed E-state index contributed by atoms with van der Waals surface area (Å²) < 4.78 is 5.58. The van der Waals surface area contributed by atoms with Gasteiger partial charge in [-0.2, -0.15) is 0 Å². The van der Waals surface area contributed by atoms with Gasteiger partial charge in [-0.1, -0.05) is 13.8 Å². The first-order chi connectivity index (χ1) is 6.03. The minimum atomic E-state index is 0.170. The van der Waals surface area contributed by atoms with Crippen molar-refractivity contribution in [3.63, 3.8) is 0 Å². The van der Waals surface area contributed by atoms with Crippen molar-refractivity contribution in [2.75, 3.05) is 13.2 Å². The number of ether oxygens (including phenoxy) is 1. The van der Waals surface area contributed by atoms with Gasteiger partial charge in [-0.3, -0.25) is 0 Å². The fraction of sp³-hybridized carbons (Fsp3) is 1.00. The first kappa shape index (κ1) is 9.47. The molecule has 1 saturated carbocycles. The molecule has 1 aliphatic carbocycles. The van der Waals surface area contributed by atoms with Gasteiger partial charge in [0.2, 0.25) is 0 Å². The predicted octanol–water partition coefficient (Wildman–Crippen LogP) is 1.82. The molecule has 2 fully saturated rings. The third-order valence-electron chi connectivity index (χ3n) is 4.35. The summed E-state index contributed by atoms with van der Waals surface area (Å²) in [5.74, 6) is 0.576. The molecule has 3 atom stereocenters. The average Bonchev–Trinajstić information content (AvgIpc) is 2.43. The number of rotatable bonds is 2. The maximum Gasteiger partial charge on any atom is 0.0582 e. The van der Waals surface area contributed by atoms with Crippen molar-refractivity contribution >= 4 is 0 Å². The summed E-state index contributed by atoms with van der Waals surface area (Å²) in [6, 6.07) is 0. The van der Waals surface area contributed by atoms with Gasteiger partial charge >= 0.3 is 0 Å². The maximum atomic E-state index is 9.51. The van der Waals surface area contributed by atoms with Gasteiger partial charge in [0.1, 0.15) is 0 Å². The van der Waals surface area contributed by atoms with E-state index in [0.29, 0.717) is 24.0 Å². The highest BCUT2D eigenvalue weighted by Gasteiger charge is 2.66. The second-order valence-corrected chi connectivity index (χ2v) is 5.35. The van der Waals surface area contributed by atoms with Gasteiger partial charge in [0.05, 0.1) is 6.10 Å². The molecule has 0 radical (unpaired) electrons. The molecule has 76 valence electrons. The number of aliphatic hydroxyl groups excluding tert-OH is 1. The summed E-state index contributed by atoms with van der Waals surface area (Å²) in [6.45, 7) is 7.87. The number of hydrogen-bond acceptors (Lipinski definition) is 2. The molecule has 2 heteroatoms. The van der Waals surface area contributed by atoms with Crippen LogP contribution in [0.15, 0.2) is 0 Å². The van der Waals surface area contributed by atoms with E-state index in [0.717, 1.165) is 19.4 Å². The van der Waals surface area contributed by atoms with Crippen LogP contribution in [0.2, 0.25) is 0 Å². The zero-order chi connectivity index (χ0) is 9.69. The van der Waals surface area contributed by atoms with Crippen molar-refractivity contribution in [2.24, 2.45) is 16.7 Å². The molecule has 0 aromatic rings. The summed E-state index contributed by atoms with van der Waals surface area (Å²) in [7, 11) is 0. The highest BCUT2D eigenvalue weighted by atomic mass is 16.5. The molecule has 0 amide bonds. The fourth-order valence-electron chi connectivity index (χ4n) is 3.22. The standard InChI is InChI=1S/C11H20O2/c1-8-9(4-5-13-8)11(7-12)6-10(11,2)3/h8-9,12H,4-7H2,1-3H3. The van der Waals surface area contributed by atoms with Crippen molar-refractivity contribution in [1.29, 1.82) is 0 Å². The maximum absolute atomic E-state index is 9.51. The van der Waals surface area contributed by atoms with Crippen LogP contribution in [0.3, 0.4) is 0 Å². The molecule has 2 aliphatic rings. The lowest BCUT2D eigenvalue weighted by molar-refractivity contribution is 0.0502. The SMILES string of the molecule is CC1OCCC1C1(CO)CC1(C)C. The van der Waals surface area contributed by atoms with Crippen molar-refractivity contribution in [1.82, 2.24) is 0 Å². The third-order valence-corrected chi connectivity index (χ3v) is 4.35. The van der Waals surface area contributed by atoms with Gasteiger partial charge in [0, 0.05) is 18.6 Å². The van der Waals surface area contributed by atoms with Gasteiger partial charge < -0.3 is 9.84 Å². The molecule has 2 nitrogen and oxygen atoms in total. The van der Waals surface area contributed by atoms with Crippen LogP contribution in [0.1, 0.15) is 33.6 Å². The Morgan fingerprint density at radius 3 is 2.38 bits per heavy atom. The van der Waals surface area contributed by atoms with E-state index in [1.165, 1.54) is 0 Å². The van der Waals surface area contributed by atoms with Crippen LogP contribution in [0, 0.1) is 16.7 Å². The molecule has 2 rings (SSSR count). The first-order valence-corrected chi connectivity index (χ1v) is 5.26. The van der Waals surface area contributed by atoms with E-state index in [1.54, 1.807) is 0 Å². The van der Waals surface area contributed by atoms with Crippen molar-refractivity contribution in [3.05, 3.63) is 0 Å². The quantitative estimate of drug-likeness (QED) is 0.709. The van der Waals surface area contributed by atoms with E-state index >= 15 is 0 Å². The molecule has 1 N–H and O–H groups in total. The monoisotopic (exact) mass is 184 g/mol. The number of aliphatic hydroxyl groups is 1. The lowest BCUT2D eigenvalue weighted by Crippen LogP contribution is -2.29. The Hall–Kier alpha value is -0.0800.